The van der Waals surface area contributed by atoms with Gasteiger partial charge in [0.25, 0.3) is 0 Å². The lowest BCUT2D eigenvalue weighted by Gasteiger charge is -1.50. The van der Waals surface area contributed by atoms with Gasteiger partial charge in [0, 0.05) is 0 Å². The third-order valence-corrected chi connectivity index (χ3v) is 0.425. The number of furan rings is 1. The molecular weight excluding hydrogens is 96.0 g/mol. The third-order valence-electron chi connectivity index (χ3n) is 0.425. The van der Waals surface area contributed by atoms with E-state index in [1.165, 1.54) is 0 Å². The maximum Gasteiger partial charge on any atom is 0.0902 e. The third kappa shape index (κ3) is 3.02. The van der Waals surface area contributed by atoms with Crippen LogP contribution < -0.4 is 0 Å². The molecule has 0 aliphatic carbocycles. The van der Waals surface area contributed by atoms with Crippen LogP contribution in [0.3, 0.4) is 0 Å². The minimum Gasteiger partial charge on any atom is -0.473 e. The van der Waals surface area contributed by atoms with Crippen molar-refractivity contribution in [3.05, 3.63) is 24.7 Å². The van der Waals surface area contributed by atoms with Crippen molar-refractivity contribution < 1.29 is 15.4 Å². The Morgan fingerprint density at radius 1 is 0.857 bits per heavy atom. The van der Waals surface area contributed by atoms with Crippen LogP contribution in [0.15, 0.2) is 29.1 Å². The molecule has 1 aromatic rings. The molecule has 0 saturated carbocycles. The zero-order chi connectivity index (χ0) is 3.54. The fourth-order valence-electron chi connectivity index (χ4n) is 0.227. The van der Waals surface area contributed by atoms with Crippen molar-refractivity contribution in [2.75, 3.05) is 0 Å². The minimum absolute atomic E-state index is 0. The molecule has 0 atom stereocenters. The van der Waals surface area contributed by atoms with Crippen molar-refractivity contribution >= 4 is 0 Å². The van der Waals surface area contributed by atoms with E-state index < -0.39 is 0 Å². The second-order valence-corrected chi connectivity index (χ2v) is 0.793. The fraction of sp³-hybridized carbons (Fsp3) is 0. The van der Waals surface area contributed by atoms with E-state index >= 15 is 0 Å². The first-order valence-corrected chi connectivity index (χ1v) is 1.47. The molecule has 0 aromatic carbocycles. The van der Waals surface area contributed by atoms with Gasteiger partial charge in [0.15, 0.2) is 0 Å². The molecule has 1 rings (SSSR count). The monoisotopic (exact) mass is 104 g/mol. The van der Waals surface area contributed by atoms with Crippen LogP contribution in [0, 0.1) is 0 Å². The predicted octanol–water partition coefficient (Wildman–Crippen LogP) is -0.370. The molecule has 0 fully saturated rings. The highest BCUT2D eigenvalue weighted by atomic mass is 16.3. The lowest BCUT2D eigenvalue weighted by Crippen LogP contribution is -1.16. The van der Waals surface area contributed by atoms with Crippen LogP contribution >= 0.6 is 0 Å². The molecule has 0 saturated heterocycles. The summed E-state index contributed by atoms with van der Waals surface area (Å²) >= 11 is 0. The summed E-state index contributed by atoms with van der Waals surface area (Å²) in [5.41, 5.74) is 0. The van der Waals surface area contributed by atoms with Gasteiger partial charge in [-0.25, -0.2) is 0 Å². The Kier molecular flexibility index (Phi) is 7.06. The average molecular weight is 104 g/mol. The van der Waals surface area contributed by atoms with E-state index in [2.05, 4.69) is 4.42 Å². The van der Waals surface area contributed by atoms with Crippen LogP contribution in [0.25, 0.3) is 0 Å². The number of hydrogen-bond acceptors (Lipinski definition) is 1. The Morgan fingerprint density at radius 3 is 1.43 bits per heavy atom. The Morgan fingerprint density at radius 2 is 1.29 bits per heavy atom. The second-order valence-electron chi connectivity index (χ2n) is 0.793. The maximum absolute atomic E-state index is 4.58. The summed E-state index contributed by atoms with van der Waals surface area (Å²) in [5.74, 6) is 0. The van der Waals surface area contributed by atoms with Crippen molar-refractivity contribution in [2.45, 2.75) is 0 Å². The van der Waals surface area contributed by atoms with Crippen molar-refractivity contribution in [3.63, 3.8) is 0 Å². The Balaban J connectivity index is 0. The largest absolute Gasteiger partial charge is 0.473 e. The maximum atomic E-state index is 4.58. The zero-order valence-electron chi connectivity index (χ0n) is 3.72. The highest BCUT2D eigenvalue weighted by Gasteiger charge is 1.58. The van der Waals surface area contributed by atoms with E-state index in [0.717, 1.165) is 0 Å². The normalized spacial score (nSPS) is 5.71. The molecule has 42 valence electrons. The number of hydrogen-bond donors (Lipinski definition) is 0. The molecule has 0 aliphatic rings. The van der Waals surface area contributed by atoms with Gasteiger partial charge in [-0.1, -0.05) is 0 Å². The van der Waals surface area contributed by atoms with Gasteiger partial charge in [-0.2, -0.15) is 0 Å². The summed E-state index contributed by atoms with van der Waals surface area (Å²) < 4.78 is 4.58. The van der Waals surface area contributed by atoms with Crippen LogP contribution in [-0.2, 0) is 0 Å². The van der Waals surface area contributed by atoms with Gasteiger partial charge in [-0.15, -0.1) is 0 Å². The molecule has 0 spiro atoms. The van der Waals surface area contributed by atoms with E-state index in [1.807, 2.05) is 12.1 Å². The summed E-state index contributed by atoms with van der Waals surface area (Å²) in [5, 5.41) is 0. The van der Waals surface area contributed by atoms with Crippen LogP contribution in [0.2, 0.25) is 0 Å². The lowest BCUT2D eigenvalue weighted by atomic mass is 10.7. The quantitative estimate of drug-likeness (QED) is 0.442. The summed E-state index contributed by atoms with van der Waals surface area (Å²) in [6, 6.07) is 3.67. The van der Waals surface area contributed by atoms with Gasteiger partial charge in [-0.05, 0) is 12.1 Å². The van der Waals surface area contributed by atoms with Crippen LogP contribution in [0.4, 0.5) is 0 Å². The van der Waals surface area contributed by atoms with E-state index in [-0.39, 0.29) is 11.0 Å². The Bertz CT molecular complexity index is 63.4. The van der Waals surface area contributed by atoms with Crippen LogP contribution in [0.1, 0.15) is 0 Å². The van der Waals surface area contributed by atoms with Crippen molar-refractivity contribution in [1.82, 2.24) is 0 Å². The molecule has 4 N–H and O–H groups in total. The Hall–Kier alpha value is -0.800. The molecule has 0 bridgehead atoms. The molecule has 3 nitrogen and oxygen atoms in total. The van der Waals surface area contributed by atoms with Gasteiger partial charge in [0.1, 0.15) is 0 Å². The summed E-state index contributed by atoms with van der Waals surface area (Å²) in [4.78, 5) is 0. The SMILES string of the molecule is O.O.c1ccoc1. The standard InChI is InChI=1S/C4H4O.2H2O/c1-2-4-5-3-1;;/h1-4H;2*1H2. The summed E-state index contributed by atoms with van der Waals surface area (Å²) in [6.07, 6.45) is 3.25. The van der Waals surface area contributed by atoms with Gasteiger partial charge < -0.3 is 15.4 Å². The van der Waals surface area contributed by atoms with Gasteiger partial charge in [0.2, 0.25) is 0 Å². The highest BCUT2D eigenvalue weighted by molar-refractivity contribution is 4.79. The zero-order valence-corrected chi connectivity index (χ0v) is 3.72. The topological polar surface area (TPSA) is 76.1 Å². The molecule has 0 radical (unpaired) electrons. The molecule has 0 amide bonds. The van der Waals surface area contributed by atoms with Crippen molar-refractivity contribution in [3.8, 4) is 0 Å². The molecular formula is C4H8O3. The van der Waals surface area contributed by atoms with E-state index in [0.29, 0.717) is 0 Å². The minimum atomic E-state index is 0. The van der Waals surface area contributed by atoms with Crippen molar-refractivity contribution in [2.24, 2.45) is 0 Å². The summed E-state index contributed by atoms with van der Waals surface area (Å²) in [6.45, 7) is 0. The molecule has 0 aliphatic heterocycles. The smallest absolute Gasteiger partial charge is 0.0902 e. The Labute approximate surface area is 41.2 Å². The molecule has 1 heterocycles. The van der Waals surface area contributed by atoms with Crippen molar-refractivity contribution in [1.29, 1.82) is 0 Å². The van der Waals surface area contributed by atoms with Gasteiger partial charge in [-0.3, -0.25) is 0 Å². The average Bonchev–Trinajstić information content (AvgIpc) is 1.76. The first-order valence-electron chi connectivity index (χ1n) is 1.47. The molecule has 3 heteroatoms. The highest BCUT2D eigenvalue weighted by Crippen LogP contribution is 1.79. The number of rotatable bonds is 0. The predicted molar refractivity (Wildman–Crippen MR) is 25.9 cm³/mol. The van der Waals surface area contributed by atoms with Gasteiger partial charge in [0.05, 0.1) is 12.5 Å². The molecule has 7 heavy (non-hydrogen) atoms. The van der Waals surface area contributed by atoms with Crippen LogP contribution in [-0.4, -0.2) is 11.0 Å². The first-order chi connectivity index (χ1) is 2.50. The summed E-state index contributed by atoms with van der Waals surface area (Å²) in [7, 11) is 0. The lowest BCUT2D eigenvalue weighted by molar-refractivity contribution is 0.567. The molecule has 0 unspecified atom stereocenters. The van der Waals surface area contributed by atoms with Gasteiger partial charge >= 0.3 is 0 Å². The van der Waals surface area contributed by atoms with Crippen LogP contribution in [0.5, 0.6) is 0 Å². The first kappa shape index (κ1) is 9.50. The van der Waals surface area contributed by atoms with E-state index in [9.17, 15) is 0 Å². The second kappa shape index (κ2) is 5.20. The molecule has 1 aromatic heterocycles. The fourth-order valence-corrected chi connectivity index (χ4v) is 0.227. The van der Waals surface area contributed by atoms with E-state index in [4.69, 9.17) is 0 Å². The van der Waals surface area contributed by atoms with E-state index in [1.54, 1.807) is 12.5 Å².